The average Bonchev–Trinajstić information content (AvgIpc) is 3.89. The van der Waals surface area contributed by atoms with E-state index in [-0.39, 0.29) is 39.3 Å². The van der Waals surface area contributed by atoms with Gasteiger partial charge in [0.25, 0.3) is 0 Å². The Bertz CT molecular complexity index is 1840. The zero-order chi connectivity index (χ0) is 37.7. The number of esters is 2. The van der Waals surface area contributed by atoms with Crippen LogP contribution in [0, 0.1) is 11.3 Å². The molecule has 2 aromatic heterocycles. The molecular formula is C40H43Cl2F2N3O6S. The van der Waals surface area contributed by atoms with Crippen molar-refractivity contribution in [1.29, 1.82) is 0 Å². The van der Waals surface area contributed by atoms with Crippen LogP contribution < -0.4 is 14.8 Å². The highest BCUT2D eigenvalue weighted by molar-refractivity contribution is 7.13. The molecule has 5 heterocycles. The Morgan fingerprint density at radius 2 is 1.80 bits per heavy atom. The normalized spacial score (nSPS) is 21.7. The molecule has 3 saturated heterocycles. The van der Waals surface area contributed by atoms with Gasteiger partial charge in [0, 0.05) is 35.7 Å². The molecule has 8 rings (SSSR count). The molecule has 0 amide bonds. The minimum absolute atomic E-state index is 0.0671. The molecule has 3 aliphatic heterocycles. The van der Waals surface area contributed by atoms with Crippen LogP contribution in [0.4, 0.5) is 8.78 Å². The molecule has 5 aliphatic rings. The van der Waals surface area contributed by atoms with Crippen molar-refractivity contribution in [2.75, 3.05) is 32.8 Å². The maximum atomic E-state index is 13.8. The highest BCUT2D eigenvalue weighted by atomic mass is 35.5. The number of pyridine rings is 1. The highest BCUT2D eigenvalue weighted by Crippen LogP contribution is 2.41. The van der Waals surface area contributed by atoms with Gasteiger partial charge in [0.1, 0.15) is 17.0 Å². The van der Waals surface area contributed by atoms with Crippen molar-refractivity contribution in [2.24, 2.45) is 11.3 Å². The third-order valence-electron chi connectivity index (χ3n) is 10.7. The predicted octanol–water partition coefficient (Wildman–Crippen LogP) is 8.74. The third-order valence-corrected chi connectivity index (χ3v) is 12.4. The Hall–Kier alpha value is -3.55. The van der Waals surface area contributed by atoms with E-state index in [1.165, 1.54) is 29.8 Å². The highest BCUT2D eigenvalue weighted by Gasteiger charge is 2.41. The lowest BCUT2D eigenvalue weighted by Crippen LogP contribution is -2.51. The van der Waals surface area contributed by atoms with Gasteiger partial charge in [-0.3, -0.25) is 10.3 Å². The van der Waals surface area contributed by atoms with Crippen molar-refractivity contribution >= 4 is 46.5 Å². The van der Waals surface area contributed by atoms with Crippen molar-refractivity contribution in [3.8, 4) is 11.5 Å². The molecule has 3 aromatic rings. The van der Waals surface area contributed by atoms with Gasteiger partial charge in [0.05, 0.1) is 23.3 Å². The van der Waals surface area contributed by atoms with Crippen LogP contribution in [-0.2, 0) is 27.2 Å². The fourth-order valence-corrected chi connectivity index (χ4v) is 8.55. The van der Waals surface area contributed by atoms with Crippen LogP contribution in [0.25, 0.3) is 0 Å². The molecule has 9 nitrogen and oxygen atoms in total. The fraction of sp³-hybridized carbons (Fsp3) is 0.475. The first-order valence-electron chi connectivity index (χ1n) is 18.4. The number of hydrogen-bond acceptors (Lipinski definition) is 10. The lowest BCUT2D eigenvalue weighted by atomic mass is 9.73. The number of nitrogens with one attached hydrogen (secondary N) is 1. The monoisotopic (exact) mass is 801 g/mol. The van der Waals surface area contributed by atoms with Crippen LogP contribution in [-0.4, -0.2) is 67.3 Å². The number of thiophene rings is 1. The van der Waals surface area contributed by atoms with Gasteiger partial charge < -0.3 is 23.8 Å². The van der Waals surface area contributed by atoms with Gasteiger partial charge in [0.2, 0.25) is 0 Å². The topological polar surface area (TPSA) is 99.2 Å². The summed E-state index contributed by atoms with van der Waals surface area (Å²) in [6, 6.07) is 7.38. The third kappa shape index (κ3) is 9.81. The van der Waals surface area contributed by atoms with E-state index in [2.05, 4.69) is 21.3 Å². The standard InChI is InChI=1S/C40H43Cl2F2N3O6S/c41-30-21-45-22-31(42)29(30)19-33(27-8-10-32(53-39(43)44)34(18-27)50-23-25-6-7-25)52-37(48)35-11-9-28(54-35)20-46-36(26-4-2-1-3-5-26)38(49)51-24-40-12-15-47(16-13-40)17-14-40/h1-2,4,8-11,18,21-22,25,33,36,39,46H,3,5-7,12-17,19-20,23-24H2/t33-,36?/m0/s1. The summed E-state index contributed by atoms with van der Waals surface area (Å²) in [7, 11) is 0. The van der Waals surface area contributed by atoms with Crippen molar-refractivity contribution in [3.63, 3.8) is 0 Å². The van der Waals surface area contributed by atoms with E-state index in [1.807, 2.05) is 18.2 Å². The second kappa shape index (κ2) is 17.5. The van der Waals surface area contributed by atoms with Gasteiger partial charge in [-0.1, -0.05) is 47.5 Å². The van der Waals surface area contributed by atoms with E-state index in [1.54, 1.807) is 18.2 Å². The number of alkyl halides is 2. The zero-order valence-electron chi connectivity index (χ0n) is 29.7. The number of nitrogens with zero attached hydrogens (tertiary/aromatic N) is 2. The number of hydrogen-bond donors (Lipinski definition) is 1. The van der Waals surface area contributed by atoms with E-state index >= 15 is 0 Å². The van der Waals surface area contributed by atoms with Gasteiger partial charge in [-0.15, -0.1) is 11.3 Å². The first-order valence-corrected chi connectivity index (χ1v) is 20.0. The summed E-state index contributed by atoms with van der Waals surface area (Å²) in [5.41, 5.74) is 2.02. The minimum atomic E-state index is -3.04. The van der Waals surface area contributed by atoms with Crippen LogP contribution in [0.2, 0.25) is 10.0 Å². The molecule has 288 valence electrons. The largest absolute Gasteiger partial charge is 0.489 e. The Labute approximate surface area is 327 Å². The number of piperidine rings is 3. The van der Waals surface area contributed by atoms with Gasteiger partial charge in [-0.2, -0.15) is 8.78 Å². The van der Waals surface area contributed by atoms with Crippen LogP contribution in [0.1, 0.15) is 76.7 Å². The molecule has 2 aliphatic carbocycles. The summed E-state index contributed by atoms with van der Waals surface area (Å²) in [5, 5.41) is 3.98. The number of benzene rings is 1. The quantitative estimate of drug-likeness (QED) is 0.134. The van der Waals surface area contributed by atoms with E-state index < -0.39 is 24.7 Å². The Balaban J connectivity index is 1.06. The number of carbonyl (C=O) groups excluding carboxylic acids is 2. The summed E-state index contributed by atoms with van der Waals surface area (Å²) in [5.74, 6) is -0.518. The molecule has 2 bridgehead atoms. The number of ether oxygens (including phenoxy) is 4. The van der Waals surface area contributed by atoms with Crippen molar-refractivity contribution < 1.29 is 37.3 Å². The first kappa shape index (κ1) is 38.7. The smallest absolute Gasteiger partial charge is 0.387 e. The minimum Gasteiger partial charge on any atom is -0.489 e. The van der Waals surface area contributed by atoms with Gasteiger partial charge in [0.15, 0.2) is 11.5 Å². The molecule has 1 unspecified atom stereocenters. The molecule has 54 heavy (non-hydrogen) atoms. The molecule has 1 aromatic carbocycles. The molecule has 4 fully saturated rings. The molecule has 0 radical (unpaired) electrons. The molecule has 1 N–H and O–H groups in total. The fourth-order valence-electron chi connectivity index (χ4n) is 7.19. The second-order valence-corrected chi connectivity index (χ2v) is 16.5. The second-order valence-electron chi connectivity index (χ2n) is 14.5. The molecule has 1 saturated carbocycles. The first-order chi connectivity index (χ1) is 26.1. The number of halogens is 4. The van der Waals surface area contributed by atoms with Crippen LogP contribution in [0.5, 0.6) is 11.5 Å². The summed E-state index contributed by atoms with van der Waals surface area (Å²) in [6.45, 7) is 1.25. The SMILES string of the molecule is O=C(O[C@@H](Cc1c(Cl)cncc1Cl)c1ccc(OC(F)F)c(OCC2CC2)c1)c1ccc(CNC(C(=O)OCC23CCN(CC2)CC3)C2=CC=CCC2)s1. The van der Waals surface area contributed by atoms with Gasteiger partial charge >= 0.3 is 18.6 Å². The predicted molar refractivity (Wildman–Crippen MR) is 202 cm³/mol. The average molecular weight is 803 g/mol. The molecule has 2 atom stereocenters. The van der Waals surface area contributed by atoms with Crippen molar-refractivity contribution in [1.82, 2.24) is 15.2 Å². The number of rotatable bonds is 17. The summed E-state index contributed by atoms with van der Waals surface area (Å²) < 4.78 is 49.3. The number of carbonyl (C=O) groups is 2. The lowest BCUT2D eigenvalue weighted by molar-refractivity contribution is -0.152. The van der Waals surface area contributed by atoms with Gasteiger partial charge in [-0.25, -0.2) is 9.59 Å². The molecule has 14 heteroatoms. The summed E-state index contributed by atoms with van der Waals surface area (Å²) in [6.07, 6.45) is 14.8. The Morgan fingerprint density at radius 1 is 1.04 bits per heavy atom. The summed E-state index contributed by atoms with van der Waals surface area (Å²) >= 11 is 14.2. The van der Waals surface area contributed by atoms with Crippen molar-refractivity contribution in [2.45, 2.75) is 76.7 Å². The Kier molecular flexibility index (Phi) is 12.5. The van der Waals surface area contributed by atoms with E-state index in [0.717, 1.165) is 75.0 Å². The van der Waals surface area contributed by atoms with Crippen LogP contribution >= 0.6 is 34.5 Å². The molecule has 0 spiro atoms. The maximum Gasteiger partial charge on any atom is 0.387 e. The van der Waals surface area contributed by atoms with E-state index in [0.29, 0.717) is 41.7 Å². The summed E-state index contributed by atoms with van der Waals surface area (Å²) in [4.78, 5) is 35.0. The van der Waals surface area contributed by atoms with E-state index in [9.17, 15) is 18.4 Å². The molecular weight excluding hydrogens is 759 g/mol. The van der Waals surface area contributed by atoms with Crippen LogP contribution in [0.15, 0.2) is 66.5 Å². The number of aromatic nitrogens is 1. The number of fused-ring (bicyclic) bond motifs is 3. The van der Waals surface area contributed by atoms with Crippen molar-refractivity contribution in [3.05, 3.63) is 97.5 Å². The number of allylic oxidation sites excluding steroid dienone is 3. The van der Waals surface area contributed by atoms with E-state index in [4.69, 9.17) is 42.1 Å². The van der Waals surface area contributed by atoms with Crippen LogP contribution in [0.3, 0.4) is 0 Å². The zero-order valence-corrected chi connectivity index (χ0v) is 32.1. The lowest BCUT2D eigenvalue weighted by Gasteiger charge is -2.48. The maximum absolute atomic E-state index is 13.8. The Morgan fingerprint density at radius 3 is 2.48 bits per heavy atom. The van der Waals surface area contributed by atoms with Gasteiger partial charge in [-0.05, 0) is 111 Å².